The average molecular weight is 437 g/mol. The topological polar surface area (TPSA) is 95.4 Å². The summed E-state index contributed by atoms with van der Waals surface area (Å²) >= 11 is 5.99. The molecule has 1 amide bonds. The smallest absolute Gasteiger partial charge is 0.326 e. The summed E-state index contributed by atoms with van der Waals surface area (Å²) in [5.74, 6) is -0.625. The molecular weight excluding hydrogens is 416 g/mol. The highest BCUT2D eigenvalue weighted by Crippen LogP contribution is 2.23. The van der Waals surface area contributed by atoms with E-state index in [1.807, 2.05) is 24.3 Å². The Labute approximate surface area is 184 Å². The Morgan fingerprint density at radius 2 is 1.84 bits per heavy atom. The first kappa shape index (κ1) is 20.8. The number of hydrogen-bond donors (Lipinski definition) is 2. The number of carboxylic acids is 1. The molecule has 0 unspecified atom stereocenters. The third kappa shape index (κ3) is 4.83. The van der Waals surface area contributed by atoms with E-state index in [1.54, 1.807) is 36.4 Å². The van der Waals surface area contributed by atoms with E-state index in [9.17, 15) is 14.7 Å². The van der Waals surface area contributed by atoms with Crippen LogP contribution >= 0.6 is 11.6 Å². The van der Waals surface area contributed by atoms with Crippen LogP contribution in [0.1, 0.15) is 29.6 Å². The lowest BCUT2D eigenvalue weighted by molar-refractivity contribution is -0.143. The Balaban J connectivity index is 1.46. The lowest BCUT2D eigenvalue weighted by Gasteiger charge is -2.33. The zero-order valence-corrected chi connectivity index (χ0v) is 17.4. The van der Waals surface area contributed by atoms with Crippen molar-refractivity contribution in [1.82, 2.24) is 15.1 Å². The summed E-state index contributed by atoms with van der Waals surface area (Å²) in [6.45, 7) is 0.462. The second kappa shape index (κ2) is 9.14. The van der Waals surface area contributed by atoms with Crippen molar-refractivity contribution in [3.63, 3.8) is 0 Å². The number of nitrogens with zero attached hydrogens (tertiary/aromatic N) is 3. The molecule has 8 heteroatoms. The van der Waals surface area contributed by atoms with Gasteiger partial charge in [-0.25, -0.2) is 4.79 Å². The Morgan fingerprint density at radius 1 is 1.03 bits per heavy atom. The van der Waals surface area contributed by atoms with Crippen molar-refractivity contribution in [2.75, 3.05) is 11.9 Å². The number of carbonyl (C=O) groups is 2. The number of piperidine rings is 1. The Bertz CT molecular complexity index is 1090. The number of aromatic nitrogens is 2. The average Bonchev–Trinajstić information content (AvgIpc) is 2.79. The maximum atomic E-state index is 12.8. The Morgan fingerprint density at radius 3 is 2.52 bits per heavy atom. The fourth-order valence-corrected chi connectivity index (χ4v) is 3.84. The van der Waals surface area contributed by atoms with Gasteiger partial charge in [0.15, 0.2) is 5.82 Å². The number of amides is 1. The fourth-order valence-electron chi connectivity index (χ4n) is 3.65. The largest absolute Gasteiger partial charge is 0.480 e. The number of nitrogens with one attached hydrogen (secondary N) is 1. The van der Waals surface area contributed by atoms with E-state index in [2.05, 4.69) is 15.5 Å². The number of benzene rings is 2. The monoisotopic (exact) mass is 436 g/mol. The quantitative estimate of drug-likeness (QED) is 0.606. The Kier molecular flexibility index (Phi) is 6.13. The maximum Gasteiger partial charge on any atom is 0.326 e. The molecule has 2 N–H and O–H groups in total. The molecule has 7 nitrogen and oxygen atoms in total. The van der Waals surface area contributed by atoms with Crippen molar-refractivity contribution in [3.8, 4) is 11.3 Å². The number of halogens is 1. The van der Waals surface area contributed by atoms with Crippen LogP contribution in [0.2, 0.25) is 5.02 Å². The van der Waals surface area contributed by atoms with Crippen molar-refractivity contribution < 1.29 is 14.7 Å². The van der Waals surface area contributed by atoms with Crippen LogP contribution in [0.25, 0.3) is 11.3 Å². The molecule has 1 atom stereocenters. The number of likely N-dealkylation sites (tertiary alicyclic amines) is 1. The molecule has 1 saturated heterocycles. The predicted octanol–water partition coefficient (Wildman–Crippen LogP) is 4.62. The van der Waals surface area contributed by atoms with Gasteiger partial charge in [0.2, 0.25) is 0 Å². The summed E-state index contributed by atoms with van der Waals surface area (Å²) < 4.78 is 0. The first-order chi connectivity index (χ1) is 15.0. The molecule has 0 spiro atoms. The fraction of sp³-hybridized carbons (Fsp3) is 0.217. The van der Waals surface area contributed by atoms with Gasteiger partial charge in [-0.15, -0.1) is 10.2 Å². The van der Waals surface area contributed by atoms with Gasteiger partial charge in [-0.05, 0) is 61.7 Å². The van der Waals surface area contributed by atoms with Crippen molar-refractivity contribution >= 4 is 35.0 Å². The number of hydrogen-bond acceptors (Lipinski definition) is 5. The number of anilines is 2. The van der Waals surface area contributed by atoms with Gasteiger partial charge in [0, 0.05) is 28.4 Å². The van der Waals surface area contributed by atoms with Crippen LogP contribution in [0, 0.1) is 0 Å². The third-order valence-corrected chi connectivity index (χ3v) is 5.47. The molecule has 1 fully saturated rings. The molecule has 31 heavy (non-hydrogen) atoms. The van der Waals surface area contributed by atoms with E-state index in [0.717, 1.165) is 24.1 Å². The summed E-state index contributed by atoms with van der Waals surface area (Å²) in [7, 11) is 0. The van der Waals surface area contributed by atoms with Gasteiger partial charge in [0.05, 0.1) is 5.69 Å². The summed E-state index contributed by atoms with van der Waals surface area (Å²) in [5.41, 5.74) is 2.75. The standard InChI is InChI=1S/C23H21ClN4O3/c24-17-4-3-5-18(14-17)25-21-12-11-19(26-27-21)15-7-9-16(10-8-15)22(29)28-13-2-1-6-20(28)23(30)31/h3-5,7-12,14,20H,1-2,6,13H2,(H,25,27)(H,30,31)/t20-/m0/s1. The lowest BCUT2D eigenvalue weighted by atomic mass is 10.0. The normalized spacial score (nSPS) is 16.0. The molecule has 1 aliphatic rings. The molecule has 0 radical (unpaired) electrons. The molecule has 0 saturated carbocycles. The van der Waals surface area contributed by atoms with Crippen LogP contribution in [0.4, 0.5) is 11.5 Å². The van der Waals surface area contributed by atoms with E-state index in [4.69, 9.17) is 11.6 Å². The third-order valence-electron chi connectivity index (χ3n) is 5.24. The van der Waals surface area contributed by atoms with Crippen LogP contribution in [-0.4, -0.2) is 44.7 Å². The van der Waals surface area contributed by atoms with Gasteiger partial charge < -0.3 is 15.3 Å². The molecule has 2 aromatic carbocycles. The molecule has 0 aliphatic carbocycles. The first-order valence-corrected chi connectivity index (χ1v) is 10.4. The van der Waals surface area contributed by atoms with E-state index in [-0.39, 0.29) is 5.91 Å². The highest BCUT2D eigenvalue weighted by Gasteiger charge is 2.32. The molecule has 0 bridgehead atoms. The van der Waals surface area contributed by atoms with E-state index < -0.39 is 12.0 Å². The number of carbonyl (C=O) groups excluding carboxylic acids is 1. The second-order valence-corrected chi connectivity index (χ2v) is 7.80. The molecular formula is C23H21ClN4O3. The van der Waals surface area contributed by atoms with Gasteiger partial charge in [-0.3, -0.25) is 4.79 Å². The number of carboxylic acid groups (broad SMARTS) is 1. The summed E-state index contributed by atoms with van der Waals surface area (Å²) in [5, 5.41) is 21.6. The van der Waals surface area contributed by atoms with Crippen molar-refractivity contribution in [3.05, 3.63) is 71.2 Å². The SMILES string of the molecule is O=C(O)[C@@H]1CCCCN1C(=O)c1ccc(-c2ccc(Nc3cccc(Cl)c3)nn2)cc1. The first-order valence-electron chi connectivity index (χ1n) is 10.0. The highest BCUT2D eigenvalue weighted by atomic mass is 35.5. The predicted molar refractivity (Wildman–Crippen MR) is 119 cm³/mol. The molecule has 2 heterocycles. The summed E-state index contributed by atoms with van der Waals surface area (Å²) in [6, 6.07) is 17.2. The maximum absolute atomic E-state index is 12.8. The van der Waals surface area contributed by atoms with Crippen molar-refractivity contribution in [2.45, 2.75) is 25.3 Å². The minimum atomic E-state index is -0.952. The number of aliphatic carboxylic acids is 1. The van der Waals surface area contributed by atoms with E-state index >= 15 is 0 Å². The van der Waals surface area contributed by atoms with Crippen LogP contribution in [0.15, 0.2) is 60.7 Å². The Hall–Kier alpha value is -3.45. The molecule has 1 aromatic heterocycles. The number of rotatable bonds is 5. The zero-order valence-electron chi connectivity index (χ0n) is 16.7. The zero-order chi connectivity index (χ0) is 21.8. The van der Waals surface area contributed by atoms with Gasteiger partial charge in [-0.1, -0.05) is 29.8 Å². The van der Waals surface area contributed by atoms with E-state index in [0.29, 0.717) is 35.1 Å². The van der Waals surface area contributed by atoms with Gasteiger partial charge in [0.1, 0.15) is 6.04 Å². The summed E-state index contributed by atoms with van der Waals surface area (Å²) in [4.78, 5) is 25.8. The van der Waals surface area contributed by atoms with E-state index in [1.165, 1.54) is 4.90 Å². The summed E-state index contributed by atoms with van der Waals surface area (Å²) in [6.07, 6.45) is 2.13. The minimum absolute atomic E-state index is 0.259. The van der Waals surface area contributed by atoms with Crippen LogP contribution in [0.3, 0.4) is 0 Å². The van der Waals surface area contributed by atoms with Gasteiger partial charge >= 0.3 is 5.97 Å². The van der Waals surface area contributed by atoms with Gasteiger partial charge in [-0.2, -0.15) is 0 Å². The van der Waals surface area contributed by atoms with Gasteiger partial charge in [0.25, 0.3) is 5.91 Å². The second-order valence-electron chi connectivity index (χ2n) is 7.36. The highest BCUT2D eigenvalue weighted by molar-refractivity contribution is 6.30. The van der Waals surface area contributed by atoms with Crippen LogP contribution < -0.4 is 5.32 Å². The molecule has 1 aliphatic heterocycles. The van der Waals surface area contributed by atoms with Crippen LogP contribution in [0.5, 0.6) is 0 Å². The molecule has 3 aromatic rings. The minimum Gasteiger partial charge on any atom is -0.480 e. The van der Waals surface area contributed by atoms with Crippen LogP contribution in [-0.2, 0) is 4.79 Å². The lowest BCUT2D eigenvalue weighted by Crippen LogP contribution is -2.47. The molecule has 4 rings (SSSR count). The van der Waals surface area contributed by atoms with Crippen molar-refractivity contribution in [2.24, 2.45) is 0 Å². The van der Waals surface area contributed by atoms with Crippen molar-refractivity contribution in [1.29, 1.82) is 0 Å². The molecule has 158 valence electrons.